The first-order chi connectivity index (χ1) is 14.0. The molecule has 3 atom stereocenters. The summed E-state index contributed by atoms with van der Waals surface area (Å²) < 4.78 is 5.65. The van der Waals surface area contributed by atoms with Gasteiger partial charge in [-0.2, -0.15) is 0 Å². The maximum atomic E-state index is 12.6. The van der Waals surface area contributed by atoms with Crippen LogP contribution in [0, 0.1) is 18.4 Å². The highest BCUT2D eigenvalue weighted by molar-refractivity contribution is 5.94. The molecular formula is C24H27N3O2. The lowest BCUT2D eigenvalue weighted by Crippen LogP contribution is -2.51. The van der Waals surface area contributed by atoms with E-state index >= 15 is 0 Å². The van der Waals surface area contributed by atoms with Gasteiger partial charge in [0.15, 0.2) is 5.69 Å². The molecule has 5 heteroatoms. The summed E-state index contributed by atoms with van der Waals surface area (Å²) in [4.78, 5) is 18.2. The van der Waals surface area contributed by atoms with Gasteiger partial charge in [0, 0.05) is 36.3 Å². The summed E-state index contributed by atoms with van der Waals surface area (Å²) in [6, 6.07) is 13.9. The first-order valence-electron chi connectivity index (χ1n) is 10.3. The Balaban J connectivity index is 1.77. The highest BCUT2D eigenvalue weighted by atomic mass is 16.5. The Morgan fingerprint density at radius 3 is 2.72 bits per heavy atom. The Morgan fingerprint density at radius 2 is 2.07 bits per heavy atom. The summed E-state index contributed by atoms with van der Waals surface area (Å²) in [7, 11) is 0. The van der Waals surface area contributed by atoms with Crippen molar-refractivity contribution in [3.8, 4) is 5.75 Å². The number of ether oxygens (including phenoxy) is 1. The number of rotatable bonds is 5. The highest BCUT2D eigenvalue weighted by Crippen LogP contribution is 2.50. The Labute approximate surface area is 172 Å². The fraction of sp³-hybridized carbons (Fsp3) is 0.417. The minimum Gasteiger partial charge on any atom is -0.494 e. The van der Waals surface area contributed by atoms with E-state index in [1.165, 1.54) is 12.8 Å². The SMILES string of the molecule is [C-]#[N+]c1ccc2c(c1)[C@H](Nc1cccc(OCC)c1)[C@@H](C)[C@H](C1CC1)N2C(C)=O. The van der Waals surface area contributed by atoms with E-state index in [1.54, 1.807) is 6.92 Å². The lowest BCUT2D eigenvalue weighted by molar-refractivity contribution is -0.117. The van der Waals surface area contributed by atoms with Gasteiger partial charge in [0.05, 0.1) is 19.2 Å². The summed E-state index contributed by atoms with van der Waals surface area (Å²) in [5.41, 5.74) is 3.52. The number of fused-ring (bicyclic) bond motifs is 1. The van der Waals surface area contributed by atoms with Crippen molar-refractivity contribution < 1.29 is 9.53 Å². The summed E-state index contributed by atoms with van der Waals surface area (Å²) in [6.07, 6.45) is 2.33. The van der Waals surface area contributed by atoms with Crippen LogP contribution in [0.5, 0.6) is 5.75 Å². The molecule has 29 heavy (non-hydrogen) atoms. The molecule has 5 nitrogen and oxygen atoms in total. The topological polar surface area (TPSA) is 45.9 Å². The first-order valence-corrected chi connectivity index (χ1v) is 10.3. The van der Waals surface area contributed by atoms with Crippen LogP contribution < -0.4 is 15.0 Å². The van der Waals surface area contributed by atoms with Crippen molar-refractivity contribution in [1.82, 2.24) is 0 Å². The number of amides is 1. The van der Waals surface area contributed by atoms with Crippen molar-refractivity contribution in [2.24, 2.45) is 11.8 Å². The normalized spacial score (nSPS) is 23.1. The monoisotopic (exact) mass is 389 g/mol. The second-order valence-corrected chi connectivity index (χ2v) is 8.01. The molecule has 2 aliphatic rings. The third kappa shape index (κ3) is 3.67. The smallest absolute Gasteiger partial charge is 0.224 e. The van der Waals surface area contributed by atoms with Crippen LogP contribution in [0.1, 0.15) is 45.2 Å². The Morgan fingerprint density at radius 1 is 1.28 bits per heavy atom. The number of nitrogens with one attached hydrogen (secondary N) is 1. The standard InChI is InChI=1S/C24H27N3O2/c1-5-29-20-8-6-7-19(13-20)26-23-15(2)24(17-9-10-17)27(16(3)28)22-12-11-18(25-4)14-21(22)23/h6-8,11-15,17,23-24,26H,5,9-10H2,1-3H3/t15-,23-,24-/m1/s1. The van der Waals surface area contributed by atoms with Gasteiger partial charge in [-0.25, -0.2) is 4.85 Å². The van der Waals surface area contributed by atoms with Gasteiger partial charge in [-0.1, -0.05) is 19.1 Å². The van der Waals surface area contributed by atoms with Crippen LogP contribution in [0.4, 0.5) is 17.1 Å². The van der Waals surface area contributed by atoms with Crippen LogP contribution in [0.3, 0.4) is 0 Å². The molecule has 0 saturated heterocycles. The van der Waals surface area contributed by atoms with Crippen molar-refractivity contribution >= 4 is 23.0 Å². The minimum absolute atomic E-state index is 0.0183. The molecule has 0 bridgehead atoms. The molecule has 1 aliphatic carbocycles. The number of benzene rings is 2. The number of hydrogen-bond acceptors (Lipinski definition) is 3. The third-order valence-electron chi connectivity index (χ3n) is 6.01. The molecule has 150 valence electrons. The van der Waals surface area contributed by atoms with Crippen molar-refractivity contribution in [3.63, 3.8) is 0 Å². The van der Waals surface area contributed by atoms with E-state index in [9.17, 15) is 4.79 Å². The molecule has 0 unspecified atom stereocenters. The molecule has 1 N–H and O–H groups in total. The number of anilines is 2. The molecule has 0 aromatic heterocycles. The Bertz CT molecular complexity index is 961. The van der Waals surface area contributed by atoms with E-state index in [0.717, 1.165) is 22.7 Å². The van der Waals surface area contributed by atoms with Gasteiger partial charge in [-0.15, -0.1) is 0 Å². The minimum atomic E-state index is 0.0183. The Hall–Kier alpha value is -3.00. The molecule has 2 aromatic rings. The van der Waals surface area contributed by atoms with Crippen molar-refractivity contribution in [1.29, 1.82) is 0 Å². The molecule has 1 heterocycles. The van der Waals surface area contributed by atoms with Crippen molar-refractivity contribution in [2.75, 3.05) is 16.8 Å². The fourth-order valence-corrected chi connectivity index (χ4v) is 4.64. The lowest BCUT2D eigenvalue weighted by atomic mass is 9.79. The van der Waals surface area contributed by atoms with E-state index in [1.807, 2.05) is 54.3 Å². The second kappa shape index (κ2) is 7.79. The van der Waals surface area contributed by atoms with E-state index in [-0.39, 0.29) is 23.9 Å². The number of nitrogens with zero attached hydrogens (tertiary/aromatic N) is 2. The number of carbonyl (C=O) groups is 1. The van der Waals surface area contributed by atoms with Gasteiger partial charge in [-0.3, -0.25) is 4.79 Å². The van der Waals surface area contributed by atoms with Crippen LogP contribution in [-0.4, -0.2) is 18.6 Å². The second-order valence-electron chi connectivity index (χ2n) is 8.01. The van der Waals surface area contributed by atoms with Crippen molar-refractivity contribution in [2.45, 2.75) is 45.7 Å². The van der Waals surface area contributed by atoms with E-state index in [2.05, 4.69) is 17.1 Å². The zero-order valence-corrected chi connectivity index (χ0v) is 17.2. The zero-order valence-electron chi connectivity index (χ0n) is 17.2. The first kappa shape index (κ1) is 19.3. The molecule has 1 amide bonds. The van der Waals surface area contributed by atoms with Gasteiger partial charge in [0.1, 0.15) is 5.75 Å². The van der Waals surface area contributed by atoms with Crippen LogP contribution in [0.2, 0.25) is 0 Å². The van der Waals surface area contributed by atoms with Crippen LogP contribution in [-0.2, 0) is 4.79 Å². The molecular weight excluding hydrogens is 362 g/mol. The molecule has 0 spiro atoms. The zero-order chi connectivity index (χ0) is 20.5. The quantitative estimate of drug-likeness (QED) is 0.680. The third-order valence-corrected chi connectivity index (χ3v) is 6.01. The van der Waals surface area contributed by atoms with Gasteiger partial charge >= 0.3 is 0 Å². The molecule has 0 radical (unpaired) electrons. The van der Waals surface area contributed by atoms with Crippen molar-refractivity contribution in [3.05, 3.63) is 59.4 Å². The molecule has 2 aromatic carbocycles. The fourth-order valence-electron chi connectivity index (χ4n) is 4.64. The lowest BCUT2D eigenvalue weighted by Gasteiger charge is -2.46. The average Bonchev–Trinajstić information content (AvgIpc) is 3.54. The van der Waals surface area contributed by atoms with E-state index in [4.69, 9.17) is 11.3 Å². The van der Waals surface area contributed by atoms with Gasteiger partial charge in [0.2, 0.25) is 5.91 Å². The van der Waals surface area contributed by atoms with Crippen LogP contribution in [0.15, 0.2) is 42.5 Å². The summed E-state index contributed by atoms with van der Waals surface area (Å²) >= 11 is 0. The maximum absolute atomic E-state index is 12.6. The molecule has 1 fully saturated rings. The Kier molecular flexibility index (Phi) is 5.19. The molecule has 4 rings (SSSR count). The largest absolute Gasteiger partial charge is 0.494 e. The summed E-state index contributed by atoms with van der Waals surface area (Å²) in [5, 5.41) is 3.69. The predicted octanol–water partition coefficient (Wildman–Crippen LogP) is 5.57. The van der Waals surface area contributed by atoms with Gasteiger partial charge < -0.3 is 15.0 Å². The highest BCUT2D eigenvalue weighted by Gasteiger charge is 2.47. The summed E-state index contributed by atoms with van der Waals surface area (Å²) in [6.45, 7) is 13.9. The average molecular weight is 389 g/mol. The van der Waals surface area contributed by atoms with E-state index < -0.39 is 0 Å². The van der Waals surface area contributed by atoms with Crippen LogP contribution >= 0.6 is 0 Å². The number of carbonyl (C=O) groups excluding carboxylic acids is 1. The molecule has 1 saturated carbocycles. The maximum Gasteiger partial charge on any atom is 0.224 e. The van der Waals surface area contributed by atoms with Crippen LogP contribution in [0.25, 0.3) is 4.85 Å². The van der Waals surface area contributed by atoms with Gasteiger partial charge in [0.25, 0.3) is 0 Å². The number of hydrogen-bond donors (Lipinski definition) is 1. The summed E-state index contributed by atoms with van der Waals surface area (Å²) in [5.74, 6) is 1.67. The van der Waals surface area contributed by atoms with E-state index in [0.29, 0.717) is 18.2 Å². The predicted molar refractivity (Wildman–Crippen MR) is 116 cm³/mol. The van der Waals surface area contributed by atoms with Gasteiger partial charge in [-0.05, 0) is 55.5 Å². The molecule has 1 aliphatic heterocycles.